The topological polar surface area (TPSA) is 36.4 Å². The van der Waals surface area contributed by atoms with Crippen molar-refractivity contribution in [3.05, 3.63) is 24.0 Å². The van der Waals surface area contributed by atoms with Gasteiger partial charge in [0.05, 0.1) is 23.7 Å². The van der Waals surface area contributed by atoms with E-state index in [4.69, 9.17) is 0 Å². The smallest absolute Gasteiger partial charge is 0.0957 e. The summed E-state index contributed by atoms with van der Waals surface area (Å²) in [5.41, 5.74) is 1.98. The van der Waals surface area contributed by atoms with Crippen LogP contribution in [0.2, 0.25) is 0 Å². The van der Waals surface area contributed by atoms with Gasteiger partial charge in [-0.3, -0.25) is 4.98 Å². The molecule has 1 fully saturated rings. The van der Waals surface area contributed by atoms with Crippen molar-refractivity contribution >= 4 is 5.69 Å². The fourth-order valence-electron chi connectivity index (χ4n) is 2.82. The summed E-state index contributed by atoms with van der Waals surface area (Å²) in [6.07, 6.45) is 7.42. The van der Waals surface area contributed by atoms with E-state index >= 15 is 0 Å². The Labute approximate surface area is 116 Å². The third-order valence-corrected chi connectivity index (χ3v) is 4.29. The molecule has 0 bridgehead atoms. The SMILES string of the molecule is CCC1CCCN(c2ccc([C@H](O)CC)nc2)CC1. The van der Waals surface area contributed by atoms with Crippen LogP contribution in [-0.4, -0.2) is 23.2 Å². The predicted molar refractivity (Wildman–Crippen MR) is 79.3 cm³/mol. The van der Waals surface area contributed by atoms with Gasteiger partial charge in [-0.15, -0.1) is 0 Å². The summed E-state index contributed by atoms with van der Waals surface area (Å²) >= 11 is 0. The van der Waals surface area contributed by atoms with Crippen molar-refractivity contribution in [2.45, 2.75) is 52.1 Å². The van der Waals surface area contributed by atoms with Crippen LogP contribution in [0.5, 0.6) is 0 Å². The summed E-state index contributed by atoms with van der Waals surface area (Å²) in [7, 11) is 0. The molecule has 1 aliphatic heterocycles. The van der Waals surface area contributed by atoms with Crippen LogP contribution in [0.3, 0.4) is 0 Å². The highest BCUT2D eigenvalue weighted by atomic mass is 16.3. The molecule has 0 spiro atoms. The van der Waals surface area contributed by atoms with E-state index in [1.807, 2.05) is 19.2 Å². The summed E-state index contributed by atoms with van der Waals surface area (Å²) in [6.45, 7) is 6.53. The molecule has 1 saturated heterocycles. The van der Waals surface area contributed by atoms with E-state index in [1.165, 1.54) is 31.4 Å². The van der Waals surface area contributed by atoms with Gasteiger partial charge in [-0.1, -0.05) is 20.3 Å². The molecule has 0 aliphatic carbocycles. The molecule has 2 heterocycles. The number of nitrogens with zero attached hydrogens (tertiary/aromatic N) is 2. The first-order valence-corrected chi connectivity index (χ1v) is 7.63. The fourth-order valence-corrected chi connectivity index (χ4v) is 2.82. The van der Waals surface area contributed by atoms with Crippen molar-refractivity contribution in [1.82, 2.24) is 4.98 Å². The molecule has 0 saturated carbocycles. The van der Waals surface area contributed by atoms with Crippen LogP contribution < -0.4 is 4.90 Å². The van der Waals surface area contributed by atoms with Gasteiger partial charge in [0.1, 0.15) is 0 Å². The molecule has 2 rings (SSSR count). The fraction of sp³-hybridized carbons (Fsp3) is 0.688. The molecule has 106 valence electrons. The lowest BCUT2D eigenvalue weighted by atomic mass is 9.98. The number of rotatable bonds is 4. The second-order valence-corrected chi connectivity index (χ2v) is 5.56. The molecule has 1 aliphatic rings. The largest absolute Gasteiger partial charge is 0.387 e. The van der Waals surface area contributed by atoms with Gasteiger partial charge in [-0.2, -0.15) is 0 Å². The average Bonchev–Trinajstić information content (AvgIpc) is 2.72. The Morgan fingerprint density at radius 2 is 2.16 bits per heavy atom. The standard InChI is InChI=1S/C16H26N2O/c1-3-13-6-5-10-18(11-9-13)14-7-8-15(17-12-14)16(19)4-2/h7-8,12-13,16,19H,3-6,9-11H2,1-2H3/t13?,16-/m1/s1. The summed E-state index contributed by atoms with van der Waals surface area (Å²) in [5, 5.41) is 9.77. The van der Waals surface area contributed by atoms with Crippen LogP contribution in [0.1, 0.15) is 57.7 Å². The summed E-state index contributed by atoms with van der Waals surface area (Å²) < 4.78 is 0. The Bertz CT molecular complexity index is 377. The van der Waals surface area contributed by atoms with Crippen LogP contribution in [0, 0.1) is 5.92 Å². The average molecular weight is 262 g/mol. The first-order chi connectivity index (χ1) is 9.24. The van der Waals surface area contributed by atoms with Gasteiger partial charge in [0, 0.05) is 13.1 Å². The number of aliphatic hydroxyl groups excluding tert-OH is 1. The van der Waals surface area contributed by atoms with E-state index in [-0.39, 0.29) is 0 Å². The van der Waals surface area contributed by atoms with Gasteiger partial charge < -0.3 is 10.0 Å². The van der Waals surface area contributed by atoms with Gasteiger partial charge in [0.15, 0.2) is 0 Å². The third-order valence-electron chi connectivity index (χ3n) is 4.29. The Kier molecular flexibility index (Phi) is 5.20. The molecule has 0 aromatic carbocycles. The van der Waals surface area contributed by atoms with Gasteiger partial charge in [0.25, 0.3) is 0 Å². The first-order valence-electron chi connectivity index (χ1n) is 7.63. The van der Waals surface area contributed by atoms with Crippen LogP contribution in [0.15, 0.2) is 18.3 Å². The quantitative estimate of drug-likeness (QED) is 0.901. The first kappa shape index (κ1) is 14.3. The zero-order valence-electron chi connectivity index (χ0n) is 12.2. The molecule has 0 radical (unpaired) electrons. The van der Waals surface area contributed by atoms with Crippen molar-refractivity contribution in [1.29, 1.82) is 0 Å². The minimum Gasteiger partial charge on any atom is -0.387 e. The second-order valence-electron chi connectivity index (χ2n) is 5.56. The van der Waals surface area contributed by atoms with Crippen LogP contribution >= 0.6 is 0 Å². The Balaban J connectivity index is 2.01. The maximum absolute atomic E-state index is 9.77. The maximum Gasteiger partial charge on any atom is 0.0957 e. The van der Waals surface area contributed by atoms with E-state index in [0.717, 1.165) is 24.7 Å². The third kappa shape index (κ3) is 3.69. The van der Waals surface area contributed by atoms with Crippen molar-refractivity contribution in [3.63, 3.8) is 0 Å². The molecular formula is C16H26N2O. The van der Waals surface area contributed by atoms with Crippen molar-refractivity contribution in [2.75, 3.05) is 18.0 Å². The summed E-state index contributed by atoms with van der Waals surface area (Å²) in [5.74, 6) is 0.888. The Hall–Kier alpha value is -1.09. The lowest BCUT2D eigenvalue weighted by Crippen LogP contribution is -2.24. The van der Waals surface area contributed by atoms with Crippen molar-refractivity contribution in [2.24, 2.45) is 5.92 Å². The number of anilines is 1. The maximum atomic E-state index is 9.77. The van der Waals surface area contributed by atoms with Crippen molar-refractivity contribution < 1.29 is 5.11 Å². The van der Waals surface area contributed by atoms with E-state index in [0.29, 0.717) is 6.42 Å². The van der Waals surface area contributed by atoms with E-state index in [2.05, 4.69) is 22.9 Å². The number of pyridine rings is 1. The van der Waals surface area contributed by atoms with Crippen LogP contribution in [0.25, 0.3) is 0 Å². The zero-order chi connectivity index (χ0) is 13.7. The highest BCUT2D eigenvalue weighted by molar-refractivity contribution is 5.44. The lowest BCUT2D eigenvalue weighted by Gasteiger charge is -2.23. The van der Waals surface area contributed by atoms with Gasteiger partial charge in [-0.05, 0) is 43.7 Å². The number of aliphatic hydroxyl groups is 1. The summed E-state index contributed by atoms with van der Waals surface area (Å²) in [6, 6.07) is 4.07. The lowest BCUT2D eigenvalue weighted by molar-refractivity contribution is 0.169. The highest BCUT2D eigenvalue weighted by Gasteiger charge is 2.16. The molecule has 1 unspecified atom stereocenters. The second kappa shape index (κ2) is 6.90. The molecule has 19 heavy (non-hydrogen) atoms. The van der Waals surface area contributed by atoms with Crippen molar-refractivity contribution in [3.8, 4) is 0 Å². The summed E-state index contributed by atoms with van der Waals surface area (Å²) in [4.78, 5) is 6.84. The molecule has 2 atom stereocenters. The number of aromatic nitrogens is 1. The minimum atomic E-state index is -0.428. The number of hydrogen-bond donors (Lipinski definition) is 1. The normalized spacial score (nSPS) is 22.1. The van der Waals surface area contributed by atoms with Gasteiger partial charge in [-0.25, -0.2) is 0 Å². The zero-order valence-corrected chi connectivity index (χ0v) is 12.2. The van der Waals surface area contributed by atoms with Gasteiger partial charge in [0.2, 0.25) is 0 Å². The minimum absolute atomic E-state index is 0.428. The molecule has 3 heteroatoms. The van der Waals surface area contributed by atoms with E-state index < -0.39 is 6.10 Å². The highest BCUT2D eigenvalue weighted by Crippen LogP contribution is 2.25. The predicted octanol–water partition coefficient (Wildman–Crippen LogP) is 3.54. The Morgan fingerprint density at radius 1 is 1.32 bits per heavy atom. The molecule has 0 amide bonds. The molecule has 3 nitrogen and oxygen atoms in total. The molecule has 1 aromatic rings. The van der Waals surface area contributed by atoms with Crippen LogP contribution in [0.4, 0.5) is 5.69 Å². The van der Waals surface area contributed by atoms with Gasteiger partial charge >= 0.3 is 0 Å². The van der Waals surface area contributed by atoms with E-state index in [1.54, 1.807) is 0 Å². The Morgan fingerprint density at radius 3 is 2.79 bits per heavy atom. The monoisotopic (exact) mass is 262 g/mol. The number of hydrogen-bond acceptors (Lipinski definition) is 3. The molecule has 1 N–H and O–H groups in total. The van der Waals surface area contributed by atoms with E-state index in [9.17, 15) is 5.11 Å². The molecular weight excluding hydrogens is 236 g/mol. The molecule has 1 aromatic heterocycles. The van der Waals surface area contributed by atoms with Crippen LogP contribution in [-0.2, 0) is 0 Å².